The molecule has 0 unspecified atom stereocenters. The molecular formula is C14H12F3N3O3. The third kappa shape index (κ3) is 5.46. The van der Waals surface area contributed by atoms with Crippen LogP contribution in [0.1, 0.15) is 5.56 Å². The zero-order valence-corrected chi connectivity index (χ0v) is 11.7. The maximum Gasteiger partial charge on any atom is 0.422 e. The zero-order valence-electron chi connectivity index (χ0n) is 11.7. The molecule has 1 N–H and O–H groups in total. The van der Waals surface area contributed by atoms with Gasteiger partial charge in [-0.1, -0.05) is 12.1 Å². The van der Waals surface area contributed by atoms with Crippen LogP contribution >= 0.6 is 0 Å². The van der Waals surface area contributed by atoms with Crippen molar-refractivity contribution in [2.24, 2.45) is 0 Å². The molecule has 9 heteroatoms. The highest BCUT2D eigenvalue weighted by Crippen LogP contribution is 2.16. The number of nitrogens with one attached hydrogen (secondary N) is 1. The number of carbonyl (C=O) groups excluding carboxylic acids is 1. The summed E-state index contributed by atoms with van der Waals surface area (Å²) in [7, 11) is 0. The number of alkyl halides is 3. The minimum Gasteiger partial charge on any atom is -0.440 e. The molecule has 0 radical (unpaired) electrons. The maximum absolute atomic E-state index is 12.0. The lowest BCUT2D eigenvalue weighted by Crippen LogP contribution is -2.23. The molecule has 0 fully saturated rings. The van der Waals surface area contributed by atoms with Crippen LogP contribution in [0.3, 0.4) is 0 Å². The van der Waals surface area contributed by atoms with Gasteiger partial charge in [-0.25, -0.2) is 14.6 Å². The summed E-state index contributed by atoms with van der Waals surface area (Å²) in [5.41, 5.74) is 0.482. The Morgan fingerprint density at radius 1 is 1.30 bits per heavy atom. The van der Waals surface area contributed by atoms with Crippen LogP contribution in [0.15, 0.2) is 47.5 Å². The number of anilines is 1. The summed E-state index contributed by atoms with van der Waals surface area (Å²) in [6.45, 7) is -1.45. The molecule has 2 aromatic rings. The Balaban J connectivity index is 2.01. The summed E-state index contributed by atoms with van der Waals surface area (Å²) in [5, 5.41) is 2.19. The first kappa shape index (κ1) is 16.5. The van der Waals surface area contributed by atoms with Gasteiger partial charge in [-0.15, -0.1) is 0 Å². The van der Waals surface area contributed by atoms with Crippen molar-refractivity contribution >= 4 is 11.8 Å². The number of amides is 1. The third-order valence-electron chi connectivity index (χ3n) is 2.68. The number of hydrogen-bond acceptors (Lipinski definition) is 4. The molecule has 6 nitrogen and oxygen atoms in total. The standard InChI is InChI=1S/C14H12F3N3O3/c15-14(16,17)9-23-13(22)19-11-4-1-3-10(7-11)8-20-6-2-5-18-12(20)21/h1-7H,8-9H2,(H,19,22). The number of rotatable bonds is 4. The van der Waals surface area contributed by atoms with Crippen LogP contribution in [0, 0.1) is 0 Å². The van der Waals surface area contributed by atoms with Crippen LogP contribution in [0.4, 0.5) is 23.7 Å². The van der Waals surface area contributed by atoms with Crippen LogP contribution in [0.2, 0.25) is 0 Å². The third-order valence-corrected chi connectivity index (χ3v) is 2.68. The van der Waals surface area contributed by atoms with E-state index in [1.165, 1.54) is 22.9 Å². The molecule has 1 aromatic carbocycles. The Hall–Kier alpha value is -2.84. The molecule has 0 atom stereocenters. The zero-order chi connectivity index (χ0) is 16.9. The fourth-order valence-corrected chi connectivity index (χ4v) is 1.75. The SMILES string of the molecule is O=C(Nc1cccc(Cn2cccnc2=O)c1)OCC(F)(F)F. The Morgan fingerprint density at radius 3 is 2.78 bits per heavy atom. The smallest absolute Gasteiger partial charge is 0.422 e. The normalized spacial score (nSPS) is 11.1. The van der Waals surface area contributed by atoms with Crippen molar-refractivity contribution in [1.29, 1.82) is 0 Å². The number of carbonyl (C=O) groups is 1. The monoisotopic (exact) mass is 327 g/mol. The molecule has 122 valence electrons. The topological polar surface area (TPSA) is 73.2 Å². The molecule has 0 aliphatic carbocycles. The average Bonchev–Trinajstić information content (AvgIpc) is 2.47. The van der Waals surface area contributed by atoms with Gasteiger partial charge in [0, 0.05) is 18.1 Å². The van der Waals surface area contributed by atoms with E-state index in [0.29, 0.717) is 5.56 Å². The highest BCUT2D eigenvalue weighted by atomic mass is 19.4. The van der Waals surface area contributed by atoms with E-state index in [9.17, 15) is 22.8 Å². The van der Waals surface area contributed by atoms with Crippen LogP contribution in [0.25, 0.3) is 0 Å². The van der Waals surface area contributed by atoms with E-state index in [2.05, 4.69) is 15.0 Å². The second-order valence-corrected chi connectivity index (χ2v) is 4.55. The summed E-state index contributed by atoms with van der Waals surface area (Å²) in [6.07, 6.45) is -2.88. The number of halogens is 3. The second-order valence-electron chi connectivity index (χ2n) is 4.55. The summed E-state index contributed by atoms with van der Waals surface area (Å²) in [4.78, 5) is 26.4. The minimum absolute atomic E-state index is 0.208. The molecular weight excluding hydrogens is 315 g/mol. The van der Waals surface area contributed by atoms with E-state index in [4.69, 9.17) is 0 Å². The number of ether oxygens (including phenoxy) is 1. The molecule has 0 aliphatic rings. The van der Waals surface area contributed by atoms with Gasteiger partial charge in [0.15, 0.2) is 6.61 Å². The number of nitrogens with zero attached hydrogens (tertiary/aromatic N) is 2. The average molecular weight is 327 g/mol. The van der Waals surface area contributed by atoms with Gasteiger partial charge in [-0.2, -0.15) is 13.2 Å². The van der Waals surface area contributed by atoms with Crippen LogP contribution in [-0.2, 0) is 11.3 Å². The lowest BCUT2D eigenvalue weighted by atomic mass is 10.2. The summed E-state index contributed by atoms with van der Waals surface area (Å²) in [6, 6.07) is 7.90. The number of benzene rings is 1. The maximum atomic E-state index is 12.0. The van der Waals surface area contributed by atoms with Crippen molar-refractivity contribution in [2.45, 2.75) is 12.7 Å². The van der Waals surface area contributed by atoms with Crippen molar-refractivity contribution in [3.8, 4) is 0 Å². The second kappa shape index (κ2) is 6.95. The number of aromatic nitrogens is 2. The van der Waals surface area contributed by atoms with Crippen molar-refractivity contribution < 1.29 is 22.7 Å². The summed E-state index contributed by atoms with van der Waals surface area (Å²) < 4.78 is 41.3. The molecule has 1 heterocycles. The van der Waals surface area contributed by atoms with E-state index >= 15 is 0 Å². The predicted molar refractivity (Wildman–Crippen MR) is 75.1 cm³/mol. The Morgan fingerprint density at radius 2 is 2.09 bits per heavy atom. The van der Waals surface area contributed by atoms with Gasteiger partial charge >= 0.3 is 18.0 Å². The van der Waals surface area contributed by atoms with E-state index < -0.39 is 24.6 Å². The molecule has 0 saturated heterocycles. The van der Waals surface area contributed by atoms with Crippen molar-refractivity contribution in [3.63, 3.8) is 0 Å². The Labute approximate surface area is 128 Å². The predicted octanol–water partition coefficient (Wildman–Crippen LogP) is 2.40. The van der Waals surface area contributed by atoms with Gasteiger partial charge in [0.25, 0.3) is 0 Å². The van der Waals surface area contributed by atoms with Crippen molar-refractivity contribution in [3.05, 3.63) is 58.8 Å². The van der Waals surface area contributed by atoms with Crippen LogP contribution in [-0.4, -0.2) is 28.4 Å². The quantitative estimate of drug-likeness (QED) is 0.936. The lowest BCUT2D eigenvalue weighted by molar-refractivity contribution is -0.159. The van der Waals surface area contributed by atoms with Crippen molar-refractivity contribution in [1.82, 2.24) is 9.55 Å². The van der Waals surface area contributed by atoms with Crippen LogP contribution in [0.5, 0.6) is 0 Å². The first-order valence-corrected chi connectivity index (χ1v) is 6.44. The molecule has 23 heavy (non-hydrogen) atoms. The van der Waals surface area contributed by atoms with Gasteiger partial charge in [-0.05, 0) is 23.8 Å². The molecule has 1 aromatic heterocycles. The molecule has 1 amide bonds. The molecule has 0 aliphatic heterocycles. The van der Waals surface area contributed by atoms with Gasteiger partial charge in [0.2, 0.25) is 0 Å². The van der Waals surface area contributed by atoms with Gasteiger partial charge in [-0.3, -0.25) is 9.88 Å². The highest BCUT2D eigenvalue weighted by Gasteiger charge is 2.29. The Kier molecular flexibility index (Phi) is 4.99. The minimum atomic E-state index is -4.58. The summed E-state index contributed by atoms with van der Waals surface area (Å²) >= 11 is 0. The highest BCUT2D eigenvalue weighted by molar-refractivity contribution is 5.84. The van der Waals surface area contributed by atoms with Crippen LogP contribution < -0.4 is 11.0 Å². The van der Waals surface area contributed by atoms with Gasteiger partial charge in [0.1, 0.15) is 0 Å². The fraction of sp³-hybridized carbons (Fsp3) is 0.214. The molecule has 2 rings (SSSR count). The summed E-state index contributed by atoms with van der Waals surface area (Å²) in [5.74, 6) is 0. The lowest BCUT2D eigenvalue weighted by Gasteiger charge is -2.10. The first-order valence-electron chi connectivity index (χ1n) is 6.44. The fourth-order valence-electron chi connectivity index (χ4n) is 1.75. The van der Waals surface area contributed by atoms with Crippen molar-refractivity contribution in [2.75, 3.05) is 11.9 Å². The van der Waals surface area contributed by atoms with E-state index in [-0.39, 0.29) is 12.2 Å². The number of hydrogen-bond donors (Lipinski definition) is 1. The Bertz CT molecular complexity index is 744. The van der Waals surface area contributed by atoms with Gasteiger partial charge < -0.3 is 4.74 Å². The molecule has 0 bridgehead atoms. The first-order chi connectivity index (χ1) is 10.8. The van der Waals surface area contributed by atoms with E-state index in [1.54, 1.807) is 24.4 Å². The van der Waals surface area contributed by atoms with E-state index in [0.717, 1.165) is 0 Å². The molecule has 0 saturated carbocycles. The van der Waals surface area contributed by atoms with E-state index in [1.807, 2.05) is 0 Å². The molecule has 0 spiro atoms. The van der Waals surface area contributed by atoms with Gasteiger partial charge in [0.05, 0.1) is 6.54 Å². The largest absolute Gasteiger partial charge is 0.440 e.